The molecule has 0 unspecified atom stereocenters. The highest BCUT2D eigenvalue weighted by Crippen LogP contribution is 2.28. The summed E-state index contributed by atoms with van der Waals surface area (Å²) in [5.74, 6) is 0. The molecule has 92 valence electrons. The van der Waals surface area contributed by atoms with Gasteiger partial charge < -0.3 is 4.43 Å². The first-order valence-electron chi connectivity index (χ1n) is 6.13. The topological polar surface area (TPSA) is 9.23 Å². The Bertz CT molecular complexity index is 477. The fraction of sp³-hybridized carbons (Fsp3) is 0.250. The van der Waals surface area contributed by atoms with Gasteiger partial charge in [-0.2, -0.15) is 0 Å². The molecule has 0 saturated carbocycles. The van der Waals surface area contributed by atoms with E-state index in [1.165, 1.54) is 22.3 Å². The summed E-state index contributed by atoms with van der Waals surface area (Å²) in [4.78, 5) is 0. The van der Waals surface area contributed by atoms with Crippen molar-refractivity contribution in [3.05, 3.63) is 70.8 Å². The summed E-state index contributed by atoms with van der Waals surface area (Å²) >= 11 is 0. The molecule has 0 heterocycles. The first-order valence-corrected chi connectivity index (χ1v) is 7.12. The lowest BCUT2D eigenvalue weighted by Gasteiger charge is -2.19. The van der Waals surface area contributed by atoms with Gasteiger partial charge in [0.25, 0.3) is 0 Å². The average molecular weight is 254 g/mol. The van der Waals surface area contributed by atoms with Gasteiger partial charge in [-0.15, -0.1) is 0 Å². The molecule has 0 amide bonds. The molecule has 2 aromatic carbocycles. The zero-order chi connectivity index (χ0) is 13.0. The van der Waals surface area contributed by atoms with Crippen molar-refractivity contribution in [3.8, 4) is 0 Å². The van der Waals surface area contributed by atoms with E-state index in [-0.39, 0.29) is 0 Å². The van der Waals surface area contributed by atoms with Crippen LogP contribution in [0.4, 0.5) is 0 Å². The van der Waals surface area contributed by atoms with E-state index in [0.717, 1.165) is 0 Å². The van der Waals surface area contributed by atoms with Crippen LogP contribution in [0, 0.1) is 13.8 Å². The van der Waals surface area contributed by atoms with Crippen LogP contribution in [0.5, 0.6) is 0 Å². The van der Waals surface area contributed by atoms with E-state index in [9.17, 15) is 0 Å². The van der Waals surface area contributed by atoms with Crippen LogP contribution < -0.4 is 0 Å². The Morgan fingerprint density at radius 2 is 1.28 bits per heavy atom. The summed E-state index contributed by atoms with van der Waals surface area (Å²) in [6, 6.07) is 17.1. The van der Waals surface area contributed by atoms with Gasteiger partial charge >= 0.3 is 0 Å². The van der Waals surface area contributed by atoms with Crippen LogP contribution in [-0.2, 0) is 4.43 Å². The molecule has 0 aromatic heterocycles. The Kier molecular flexibility index (Phi) is 4.34. The maximum Gasteiger partial charge on any atom is 0.242 e. The lowest BCUT2D eigenvalue weighted by molar-refractivity contribution is 0.436. The fourth-order valence-corrected chi connectivity index (χ4v) is 3.37. The minimum atomic E-state index is 0.345. The highest BCUT2D eigenvalue weighted by Gasteiger charge is 2.19. The SMILES string of the molecule is CO[Si]C(c1ccccc1C)c1ccccc1C. The highest BCUT2D eigenvalue weighted by molar-refractivity contribution is 6.31. The molecule has 0 bridgehead atoms. The zero-order valence-electron chi connectivity index (χ0n) is 11.1. The van der Waals surface area contributed by atoms with Gasteiger partial charge in [-0.1, -0.05) is 48.5 Å². The third-order valence-corrected chi connectivity index (χ3v) is 4.33. The van der Waals surface area contributed by atoms with Crippen LogP contribution in [0.25, 0.3) is 0 Å². The molecule has 2 radical (unpaired) electrons. The maximum atomic E-state index is 5.45. The van der Waals surface area contributed by atoms with Crippen molar-refractivity contribution >= 4 is 9.76 Å². The lowest BCUT2D eigenvalue weighted by Crippen LogP contribution is -2.14. The molecule has 1 nitrogen and oxygen atoms in total. The number of hydrogen-bond donors (Lipinski definition) is 0. The van der Waals surface area contributed by atoms with Crippen LogP contribution in [0.15, 0.2) is 48.5 Å². The summed E-state index contributed by atoms with van der Waals surface area (Å²) in [6.45, 7) is 4.33. The van der Waals surface area contributed by atoms with Crippen molar-refractivity contribution < 1.29 is 4.43 Å². The Labute approximate surface area is 112 Å². The van der Waals surface area contributed by atoms with E-state index in [1.54, 1.807) is 7.11 Å². The number of hydrogen-bond acceptors (Lipinski definition) is 1. The predicted molar refractivity (Wildman–Crippen MR) is 77.0 cm³/mol. The largest absolute Gasteiger partial charge is 0.420 e. The predicted octanol–water partition coefficient (Wildman–Crippen LogP) is 3.66. The van der Waals surface area contributed by atoms with E-state index in [2.05, 4.69) is 62.4 Å². The second-order valence-electron chi connectivity index (χ2n) is 4.47. The highest BCUT2D eigenvalue weighted by atomic mass is 28.2. The molecule has 0 aliphatic rings. The third kappa shape index (κ3) is 2.71. The first kappa shape index (κ1) is 13.1. The van der Waals surface area contributed by atoms with E-state index in [1.807, 2.05) is 0 Å². The van der Waals surface area contributed by atoms with Gasteiger partial charge in [0.15, 0.2) is 0 Å². The molecule has 0 N–H and O–H groups in total. The van der Waals surface area contributed by atoms with Crippen LogP contribution in [0.2, 0.25) is 0 Å². The fourth-order valence-electron chi connectivity index (χ4n) is 2.23. The molecular formula is C16H18OSi. The minimum Gasteiger partial charge on any atom is -0.420 e. The molecule has 0 saturated heterocycles. The third-order valence-electron chi connectivity index (χ3n) is 3.23. The summed E-state index contributed by atoms with van der Waals surface area (Å²) < 4.78 is 5.45. The average Bonchev–Trinajstić information content (AvgIpc) is 2.38. The smallest absolute Gasteiger partial charge is 0.242 e. The summed E-state index contributed by atoms with van der Waals surface area (Å²) in [7, 11) is 2.23. The summed E-state index contributed by atoms with van der Waals surface area (Å²) in [5.41, 5.74) is 5.74. The van der Waals surface area contributed by atoms with E-state index >= 15 is 0 Å². The van der Waals surface area contributed by atoms with Gasteiger partial charge in [0, 0.05) is 12.7 Å². The van der Waals surface area contributed by atoms with Gasteiger partial charge in [0.05, 0.1) is 0 Å². The second kappa shape index (κ2) is 5.98. The van der Waals surface area contributed by atoms with Gasteiger partial charge in [-0.05, 0) is 36.1 Å². The summed E-state index contributed by atoms with van der Waals surface area (Å²) in [6.07, 6.45) is 0. The molecular weight excluding hydrogens is 236 g/mol. The van der Waals surface area contributed by atoms with Crippen molar-refractivity contribution in [3.63, 3.8) is 0 Å². The number of benzene rings is 2. The molecule has 2 heteroatoms. The Morgan fingerprint density at radius 3 is 1.67 bits per heavy atom. The van der Waals surface area contributed by atoms with Crippen LogP contribution in [-0.4, -0.2) is 16.9 Å². The second-order valence-corrected chi connectivity index (χ2v) is 5.69. The number of rotatable bonds is 4. The van der Waals surface area contributed by atoms with E-state index < -0.39 is 0 Å². The van der Waals surface area contributed by atoms with E-state index in [4.69, 9.17) is 4.43 Å². The van der Waals surface area contributed by atoms with Gasteiger partial charge in [-0.25, -0.2) is 0 Å². The van der Waals surface area contributed by atoms with Crippen LogP contribution in [0.3, 0.4) is 0 Å². The molecule has 0 aliphatic carbocycles. The maximum absolute atomic E-state index is 5.45. The van der Waals surface area contributed by atoms with Crippen molar-refractivity contribution in [2.24, 2.45) is 0 Å². The van der Waals surface area contributed by atoms with E-state index in [0.29, 0.717) is 15.3 Å². The standard InChI is InChI=1S/C16H18OSi/c1-12-8-4-6-10-14(12)16(18-17-3)15-11-7-5-9-13(15)2/h4-11,16H,1-3H3. The zero-order valence-corrected chi connectivity index (χ0v) is 12.1. The minimum absolute atomic E-state index is 0.345. The van der Waals surface area contributed by atoms with Crippen LogP contribution in [0.1, 0.15) is 27.8 Å². The molecule has 0 atom stereocenters. The molecule has 0 fully saturated rings. The molecule has 2 rings (SSSR count). The first-order chi connectivity index (χ1) is 8.74. The Hall–Kier alpha value is -1.38. The van der Waals surface area contributed by atoms with Crippen molar-refractivity contribution in [2.45, 2.75) is 19.4 Å². The van der Waals surface area contributed by atoms with Gasteiger partial charge in [0.1, 0.15) is 0 Å². The lowest BCUT2D eigenvalue weighted by atomic mass is 9.97. The molecule has 2 aromatic rings. The van der Waals surface area contributed by atoms with Gasteiger partial charge in [-0.3, -0.25) is 0 Å². The summed E-state index contributed by atoms with van der Waals surface area (Å²) in [5, 5.41) is 0. The van der Waals surface area contributed by atoms with Crippen molar-refractivity contribution in [1.82, 2.24) is 0 Å². The monoisotopic (exact) mass is 254 g/mol. The normalized spacial score (nSPS) is 10.9. The Morgan fingerprint density at radius 1 is 0.833 bits per heavy atom. The molecule has 0 spiro atoms. The van der Waals surface area contributed by atoms with Crippen molar-refractivity contribution in [1.29, 1.82) is 0 Å². The molecule has 18 heavy (non-hydrogen) atoms. The number of aryl methyl sites for hydroxylation is 2. The van der Waals surface area contributed by atoms with Gasteiger partial charge in [0.2, 0.25) is 9.76 Å². The van der Waals surface area contributed by atoms with Crippen molar-refractivity contribution in [2.75, 3.05) is 7.11 Å². The Balaban J connectivity index is 2.47. The van der Waals surface area contributed by atoms with Crippen LogP contribution >= 0.6 is 0 Å². The quantitative estimate of drug-likeness (QED) is 0.757. The molecule has 0 aliphatic heterocycles.